The van der Waals surface area contributed by atoms with E-state index in [1.165, 1.54) is 12.6 Å². The van der Waals surface area contributed by atoms with Crippen molar-refractivity contribution < 1.29 is 14.3 Å². The number of carbonyl (C=O) groups is 1. The highest BCUT2D eigenvalue weighted by Crippen LogP contribution is 2.11. The van der Waals surface area contributed by atoms with Crippen LogP contribution in [0.4, 0.5) is 0 Å². The molecule has 3 N–H and O–H groups in total. The Balaban J connectivity index is 2.56. The maximum atomic E-state index is 10.2. The summed E-state index contributed by atoms with van der Waals surface area (Å²) in [5.74, 6) is -0.554. The van der Waals surface area contributed by atoms with Crippen LogP contribution >= 0.6 is 0 Å². The summed E-state index contributed by atoms with van der Waals surface area (Å²) >= 11 is 0. The average molecular weight is 156 g/mol. The van der Waals surface area contributed by atoms with Crippen LogP contribution in [0.2, 0.25) is 0 Å². The predicted molar refractivity (Wildman–Crippen MR) is 35.7 cm³/mol. The second-order valence-corrected chi connectivity index (χ2v) is 2.11. The van der Waals surface area contributed by atoms with Crippen LogP contribution in [0.1, 0.15) is 18.2 Å². The summed E-state index contributed by atoms with van der Waals surface area (Å²) in [6.45, 7) is 0. The largest absolute Gasteiger partial charge is 0.481 e. The molecule has 1 rings (SSSR count). The van der Waals surface area contributed by atoms with Gasteiger partial charge in [-0.15, -0.1) is 0 Å². The van der Waals surface area contributed by atoms with Crippen molar-refractivity contribution in [1.82, 2.24) is 4.98 Å². The molecule has 1 atom stereocenters. The number of aliphatic carboxylic acids is 1. The minimum absolute atomic E-state index is 0.144. The molecule has 0 aromatic carbocycles. The molecule has 0 bridgehead atoms. The Kier molecular flexibility index (Phi) is 2.22. The van der Waals surface area contributed by atoms with E-state index in [4.69, 9.17) is 15.3 Å². The fourth-order valence-electron chi connectivity index (χ4n) is 0.697. The molecule has 0 fully saturated rings. The smallest absolute Gasteiger partial charge is 0.305 e. The van der Waals surface area contributed by atoms with E-state index in [1.807, 2.05) is 0 Å². The topological polar surface area (TPSA) is 89.4 Å². The van der Waals surface area contributed by atoms with Crippen LogP contribution in [0.25, 0.3) is 0 Å². The Morgan fingerprint density at radius 3 is 3.09 bits per heavy atom. The molecular weight excluding hydrogens is 148 g/mol. The van der Waals surface area contributed by atoms with Crippen LogP contribution in [0.15, 0.2) is 17.0 Å². The molecule has 1 aromatic heterocycles. The zero-order chi connectivity index (χ0) is 8.27. The monoisotopic (exact) mass is 156 g/mol. The van der Waals surface area contributed by atoms with Gasteiger partial charge >= 0.3 is 5.97 Å². The molecule has 1 aromatic rings. The van der Waals surface area contributed by atoms with Crippen molar-refractivity contribution in [3.05, 3.63) is 18.4 Å². The summed E-state index contributed by atoms with van der Waals surface area (Å²) in [5, 5.41) is 8.34. The van der Waals surface area contributed by atoms with Crippen molar-refractivity contribution in [2.45, 2.75) is 12.5 Å². The zero-order valence-electron chi connectivity index (χ0n) is 5.73. The van der Waals surface area contributed by atoms with E-state index in [0.717, 1.165) is 0 Å². The molecule has 0 radical (unpaired) electrons. The fraction of sp³-hybridized carbons (Fsp3) is 0.333. The van der Waals surface area contributed by atoms with Gasteiger partial charge in [0.1, 0.15) is 5.76 Å². The van der Waals surface area contributed by atoms with Gasteiger partial charge in [-0.05, 0) is 0 Å². The molecule has 0 spiro atoms. The lowest BCUT2D eigenvalue weighted by molar-refractivity contribution is -0.137. The molecule has 0 aliphatic rings. The van der Waals surface area contributed by atoms with Crippen molar-refractivity contribution in [2.24, 2.45) is 5.73 Å². The third-order valence-corrected chi connectivity index (χ3v) is 1.21. The van der Waals surface area contributed by atoms with Crippen molar-refractivity contribution in [3.63, 3.8) is 0 Å². The molecule has 0 saturated heterocycles. The highest BCUT2D eigenvalue weighted by atomic mass is 16.4. The number of nitrogens with zero attached hydrogens (tertiary/aromatic N) is 1. The van der Waals surface area contributed by atoms with Crippen LogP contribution in [-0.4, -0.2) is 16.1 Å². The third kappa shape index (κ3) is 2.05. The summed E-state index contributed by atoms with van der Waals surface area (Å²) in [5.41, 5.74) is 5.43. The molecular formula is C6H8N2O3. The van der Waals surface area contributed by atoms with Gasteiger partial charge < -0.3 is 15.3 Å². The van der Waals surface area contributed by atoms with Crippen LogP contribution in [-0.2, 0) is 4.79 Å². The Labute approximate surface area is 62.8 Å². The first-order valence-electron chi connectivity index (χ1n) is 3.06. The van der Waals surface area contributed by atoms with Crippen LogP contribution in [0.3, 0.4) is 0 Å². The first-order chi connectivity index (χ1) is 5.20. The lowest BCUT2D eigenvalue weighted by Crippen LogP contribution is -2.14. The SMILES string of the molecule is N[C@@H](CC(=O)O)c1cnco1. The standard InChI is InChI=1S/C6H8N2O3/c7-4(1-6(9)10)5-2-8-3-11-5/h2-4H,1,7H2,(H,9,10)/t4-/m0/s1. The van der Waals surface area contributed by atoms with Gasteiger partial charge in [-0.1, -0.05) is 0 Å². The lowest BCUT2D eigenvalue weighted by Gasteiger charge is -2.02. The van der Waals surface area contributed by atoms with Gasteiger partial charge in [-0.2, -0.15) is 0 Å². The molecule has 0 aliphatic heterocycles. The fourth-order valence-corrected chi connectivity index (χ4v) is 0.697. The number of hydrogen-bond acceptors (Lipinski definition) is 4. The van der Waals surface area contributed by atoms with E-state index >= 15 is 0 Å². The number of nitrogens with two attached hydrogens (primary N) is 1. The first kappa shape index (κ1) is 7.74. The number of hydrogen-bond donors (Lipinski definition) is 2. The van der Waals surface area contributed by atoms with E-state index < -0.39 is 12.0 Å². The third-order valence-electron chi connectivity index (χ3n) is 1.21. The van der Waals surface area contributed by atoms with Crippen molar-refractivity contribution in [2.75, 3.05) is 0 Å². The number of carboxylic acids is 1. The average Bonchev–Trinajstić information content (AvgIpc) is 2.35. The second-order valence-electron chi connectivity index (χ2n) is 2.11. The summed E-state index contributed by atoms with van der Waals surface area (Å²) < 4.78 is 4.80. The molecule has 0 unspecified atom stereocenters. The minimum atomic E-state index is -0.950. The molecule has 0 saturated carbocycles. The predicted octanol–water partition coefficient (Wildman–Crippen LogP) is 0.149. The van der Waals surface area contributed by atoms with E-state index in [0.29, 0.717) is 5.76 Å². The summed E-state index contributed by atoms with van der Waals surface area (Å²) in [6.07, 6.45) is 2.49. The summed E-state index contributed by atoms with van der Waals surface area (Å²) in [6, 6.07) is -0.602. The lowest BCUT2D eigenvalue weighted by atomic mass is 10.2. The number of carboxylic acid groups (broad SMARTS) is 1. The van der Waals surface area contributed by atoms with Gasteiger partial charge in [0.25, 0.3) is 0 Å². The zero-order valence-corrected chi connectivity index (χ0v) is 5.73. The van der Waals surface area contributed by atoms with Gasteiger partial charge in [-0.3, -0.25) is 4.79 Å². The Bertz CT molecular complexity index is 232. The van der Waals surface area contributed by atoms with E-state index in [9.17, 15) is 4.79 Å². The summed E-state index contributed by atoms with van der Waals surface area (Å²) in [4.78, 5) is 13.8. The molecule has 5 heteroatoms. The van der Waals surface area contributed by atoms with Crippen molar-refractivity contribution in [3.8, 4) is 0 Å². The molecule has 1 heterocycles. The van der Waals surface area contributed by atoms with Gasteiger partial charge in [0.2, 0.25) is 0 Å². The first-order valence-corrected chi connectivity index (χ1v) is 3.06. The minimum Gasteiger partial charge on any atom is -0.481 e. The molecule has 60 valence electrons. The van der Waals surface area contributed by atoms with E-state index in [1.54, 1.807) is 0 Å². The highest BCUT2D eigenvalue weighted by molar-refractivity contribution is 5.67. The number of aromatic nitrogens is 1. The van der Waals surface area contributed by atoms with E-state index in [-0.39, 0.29) is 6.42 Å². The normalized spacial score (nSPS) is 12.8. The van der Waals surface area contributed by atoms with Crippen molar-refractivity contribution in [1.29, 1.82) is 0 Å². The van der Waals surface area contributed by atoms with Gasteiger partial charge in [0, 0.05) is 0 Å². The quantitative estimate of drug-likeness (QED) is 0.650. The van der Waals surface area contributed by atoms with Crippen LogP contribution < -0.4 is 5.73 Å². The van der Waals surface area contributed by atoms with Gasteiger partial charge in [0.15, 0.2) is 6.39 Å². The molecule has 0 amide bonds. The van der Waals surface area contributed by atoms with E-state index in [2.05, 4.69) is 4.98 Å². The van der Waals surface area contributed by atoms with Gasteiger partial charge in [-0.25, -0.2) is 4.98 Å². The number of oxazole rings is 1. The Morgan fingerprint density at radius 1 is 1.91 bits per heavy atom. The maximum absolute atomic E-state index is 10.2. The molecule has 0 aliphatic carbocycles. The Morgan fingerprint density at radius 2 is 2.64 bits per heavy atom. The van der Waals surface area contributed by atoms with Gasteiger partial charge in [0.05, 0.1) is 18.7 Å². The Hall–Kier alpha value is -1.36. The maximum Gasteiger partial charge on any atom is 0.305 e. The molecule has 11 heavy (non-hydrogen) atoms. The molecule has 5 nitrogen and oxygen atoms in total. The summed E-state index contributed by atoms with van der Waals surface area (Å²) in [7, 11) is 0. The number of rotatable bonds is 3. The van der Waals surface area contributed by atoms with Crippen LogP contribution in [0.5, 0.6) is 0 Å². The van der Waals surface area contributed by atoms with Crippen molar-refractivity contribution >= 4 is 5.97 Å². The van der Waals surface area contributed by atoms with Crippen LogP contribution in [0, 0.1) is 0 Å². The highest BCUT2D eigenvalue weighted by Gasteiger charge is 2.12. The second kappa shape index (κ2) is 3.16.